The lowest BCUT2D eigenvalue weighted by molar-refractivity contribution is 0.291. The Labute approximate surface area is 73.4 Å². The van der Waals surface area contributed by atoms with Crippen LogP contribution in [0.5, 0.6) is 5.75 Å². The maximum absolute atomic E-state index is 5.57. The summed E-state index contributed by atoms with van der Waals surface area (Å²) in [5, 5.41) is 0. The molecule has 0 atom stereocenters. The minimum Gasteiger partial charge on any atom is -0.492 e. The van der Waals surface area contributed by atoms with E-state index in [1.54, 1.807) is 0 Å². The molecule has 0 fully saturated rings. The van der Waals surface area contributed by atoms with Crippen LogP contribution in [0.3, 0.4) is 0 Å². The van der Waals surface area contributed by atoms with Gasteiger partial charge in [-0.3, -0.25) is 0 Å². The van der Waals surface area contributed by atoms with Gasteiger partial charge in [0.25, 0.3) is 0 Å². The van der Waals surface area contributed by atoms with Crippen molar-refractivity contribution >= 4 is 0 Å². The van der Waals surface area contributed by atoms with Crippen LogP contribution in [0.25, 0.3) is 0 Å². The molecular weight excluding hydrogens is 148 g/mol. The molecule has 0 N–H and O–H groups in total. The van der Waals surface area contributed by atoms with Gasteiger partial charge in [-0.25, -0.2) is 0 Å². The maximum Gasteiger partial charge on any atom is 0.123 e. The molecule has 12 heavy (non-hydrogen) atoms. The zero-order chi connectivity index (χ0) is 8.77. The fourth-order valence-electron chi connectivity index (χ4n) is 1.63. The molecule has 1 aromatic rings. The summed E-state index contributed by atoms with van der Waals surface area (Å²) in [6.07, 6.45) is 0. The van der Waals surface area contributed by atoms with Crippen molar-refractivity contribution in [3.8, 4) is 5.75 Å². The zero-order valence-corrected chi connectivity index (χ0v) is 7.85. The summed E-state index contributed by atoms with van der Waals surface area (Å²) in [4.78, 5) is 0. The SMILES string of the molecule is Cc1ccc2c(c1)C(C)(C)CO2. The second-order valence-electron chi connectivity index (χ2n) is 4.17. The largest absolute Gasteiger partial charge is 0.492 e. The van der Waals surface area contributed by atoms with Crippen molar-refractivity contribution in [3.05, 3.63) is 29.3 Å². The van der Waals surface area contributed by atoms with Gasteiger partial charge in [0.05, 0.1) is 6.61 Å². The van der Waals surface area contributed by atoms with Crippen LogP contribution in [0.4, 0.5) is 0 Å². The van der Waals surface area contributed by atoms with E-state index >= 15 is 0 Å². The van der Waals surface area contributed by atoms with Crippen molar-refractivity contribution in [2.45, 2.75) is 26.2 Å². The second kappa shape index (κ2) is 2.25. The Morgan fingerprint density at radius 3 is 2.83 bits per heavy atom. The molecule has 64 valence electrons. The Balaban J connectivity index is 2.57. The maximum atomic E-state index is 5.57. The first-order valence-electron chi connectivity index (χ1n) is 4.33. The molecular formula is C11H14O. The average Bonchev–Trinajstić information content (AvgIpc) is 2.28. The molecule has 0 bridgehead atoms. The number of aryl methyl sites for hydroxylation is 1. The first-order valence-corrected chi connectivity index (χ1v) is 4.33. The molecule has 0 aromatic heterocycles. The summed E-state index contributed by atoms with van der Waals surface area (Å²) in [7, 11) is 0. The van der Waals surface area contributed by atoms with Gasteiger partial charge < -0.3 is 4.74 Å². The van der Waals surface area contributed by atoms with Gasteiger partial charge in [0.15, 0.2) is 0 Å². The normalized spacial score (nSPS) is 18.6. The van der Waals surface area contributed by atoms with E-state index in [1.807, 2.05) is 0 Å². The van der Waals surface area contributed by atoms with Gasteiger partial charge in [-0.1, -0.05) is 31.5 Å². The molecule has 0 saturated heterocycles. The van der Waals surface area contributed by atoms with Crippen LogP contribution in [-0.4, -0.2) is 6.61 Å². The number of rotatable bonds is 0. The summed E-state index contributed by atoms with van der Waals surface area (Å²) in [5.74, 6) is 1.06. The van der Waals surface area contributed by atoms with Gasteiger partial charge in [0.2, 0.25) is 0 Å². The quantitative estimate of drug-likeness (QED) is 0.570. The predicted molar refractivity (Wildman–Crippen MR) is 49.7 cm³/mol. The number of hydrogen-bond acceptors (Lipinski definition) is 1. The number of fused-ring (bicyclic) bond motifs is 1. The standard InChI is InChI=1S/C11H14O/c1-8-4-5-10-9(6-8)11(2,3)7-12-10/h4-6H,7H2,1-3H3. The van der Waals surface area contributed by atoms with Gasteiger partial charge in [-0.2, -0.15) is 0 Å². The topological polar surface area (TPSA) is 9.23 Å². The lowest BCUT2D eigenvalue weighted by atomic mass is 9.86. The van der Waals surface area contributed by atoms with Gasteiger partial charge >= 0.3 is 0 Å². The molecule has 0 saturated carbocycles. The minimum atomic E-state index is 0.196. The molecule has 0 radical (unpaired) electrons. The molecule has 1 aromatic carbocycles. The van der Waals surface area contributed by atoms with E-state index in [-0.39, 0.29) is 5.41 Å². The molecule has 0 aliphatic carbocycles. The molecule has 0 spiro atoms. The van der Waals surface area contributed by atoms with Crippen molar-refractivity contribution in [1.29, 1.82) is 0 Å². The Hall–Kier alpha value is -0.980. The number of benzene rings is 1. The molecule has 1 heterocycles. The van der Waals surface area contributed by atoms with Gasteiger partial charge in [0.1, 0.15) is 5.75 Å². The lowest BCUT2D eigenvalue weighted by Gasteiger charge is -2.15. The minimum absolute atomic E-state index is 0.196. The third-order valence-corrected chi connectivity index (χ3v) is 2.45. The second-order valence-corrected chi connectivity index (χ2v) is 4.17. The third-order valence-electron chi connectivity index (χ3n) is 2.45. The Kier molecular flexibility index (Phi) is 1.44. The van der Waals surface area contributed by atoms with E-state index in [4.69, 9.17) is 4.74 Å². The van der Waals surface area contributed by atoms with Crippen LogP contribution in [0.15, 0.2) is 18.2 Å². The Morgan fingerprint density at radius 1 is 1.33 bits per heavy atom. The Bertz CT molecular complexity index is 313. The summed E-state index contributed by atoms with van der Waals surface area (Å²) >= 11 is 0. The van der Waals surface area contributed by atoms with Gasteiger partial charge in [0, 0.05) is 11.0 Å². The molecule has 1 heteroatoms. The van der Waals surface area contributed by atoms with Gasteiger partial charge in [-0.05, 0) is 13.0 Å². The smallest absolute Gasteiger partial charge is 0.123 e. The van der Waals surface area contributed by atoms with E-state index < -0.39 is 0 Å². The fourth-order valence-corrected chi connectivity index (χ4v) is 1.63. The van der Waals surface area contributed by atoms with Gasteiger partial charge in [-0.15, -0.1) is 0 Å². The average molecular weight is 162 g/mol. The van der Waals surface area contributed by atoms with Crippen LogP contribution in [0, 0.1) is 6.92 Å². The van der Waals surface area contributed by atoms with E-state index in [2.05, 4.69) is 39.0 Å². The third kappa shape index (κ3) is 1.01. The summed E-state index contributed by atoms with van der Waals surface area (Å²) in [5.41, 5.74) is 2.86. The molecule has 1 aliphatic rings. The highest BCUT2D eigenvalue weighted by atomic mass is 16.5. The van der Waals surface area contributed by atoms with Crippen LogP contribution < -0.4 is 4.74 Å². The van der Waals surface area contributed by atoms with E-state index in [0.29, 0.717) is 0 Å². The first-order chi connectivity index (χ1) is 5.59. The van der Waals surface area contributed by atoms with E-state index in [0.717, 1.165) is 12.4 Å². The van der Waals surface area contributed by atoms with Crippen molar-refractivity contribution in [1.82, 2.24) is 0 Å². The predicted octanol–water partition coefficient (Wildman–Crippen LogP) is 2.67. The van der Waals surface area contributed by atoms with Crippen molar-refractivity contribution in [3.63, 3.8) is 0 Å². The van der Waals surface area contributed by atoms with Crippen molar-refractivity contribution in [2.24, 2.45) is 0 Å². The monoisotopic (exact) mass is 162 g/mol. The van der Waals surface area contributed by atoms with Crippen LogP contribution in [0.1, 0.15) is 25.0 Å². The van der Waals surface area contributed by atoms with E-state index in [1.165, 1.54) is 11.1 Å². The van der Waals surface area contributed by atoms with Crippen LogP contribution in [-0.2, 0) is 5.41 Å². The molecule has 2 rings (SSSR count). The summed E-state index contributed by atoms with van der Waals surface area (Å²) < 4.78 is 5.57. The fraction of sp³-hybridized carbons (Fsp3) is 0.455. The highest BCUT2D eigenvalue weighted by Gasteiger charge is 2.31. The van der Waals surface area contributed by atoms with Crippen molar-refractivity contribution < 1.29 is 4.74 Å². The van der Waals surface area contributed by atoms with E-state index in [9.17, 15) is 0 Å². The first kappa shape index (κ1) is 7.66. The van der Waals surface area contributed by atoms with Crippen LogP contribution in [0.2, 0.25) is 0 Å². The molecule has 0 amide bonds. The molecule has 1 nitrogen and oxygen atoms in total. The lowest BCUT2D eigenvalue weighted by Crippen LogP contribution is -2.18. The van der Waals surface area contributed by atoms with Crippen molar-refractivity contribution in [2.75, 3.05) is 6.61 Å². The zero-order valence-electron chi connectivity index (χ0n) is 7.85. The highest BCUT2D eigenvalue weighted by molar-refractivity contribution is 5.44. The summed E-state index contributed by atoms with van der Waals surface area (Å²) in [6.45, 7) is 7.37. The Morgan fingerprint density at radius 2 is 2.08 bits per heavy atom. The molecule has 0 unspecified atom stereocenters. The number of ether oxygens (including phenoxy) is 1. The molecule has 1 aliphatic heterocycles. The summed E-state index contributed by atoms with van der Waals surface area (Å²) in [6, 6.07) is 6.39. The highest BCUT2D eigenvalue weighted by Crippen LogP contribution is 2.38. The van der Waals surface area contributed by atoms with Crippen LogP contribution >= 0.6 is 0 Å². The number of hydrogen-bond donors (Lipinski definition) is 0.